The van der Waals surface area contributed by atoms with E-state index >= 15 is 0 Å². The summed E-state index contributed by atoms with van der Waals surface area (Å²) in [5.41, 5.74) is 3.50. The summed E-state index contributed by atoms with van der Waals surface area (Å²) in [4.78, 5) is 9.26. The molecule has 0 bridgehead atoms. The number of phenolic OH excluding ortho intramolecular Hbond substituents is 1. The minimum absolute atomic E-state index is 0.142. The van der Waals surface area contributed by atoms with E-state index in [9.17, 15) is 5.11 Å². The molecule has 0 amide bonds. The average Bonchev–Trinajstić information content (AvgIpc) is 3.26. The Kier molecular flexibility index (Phi) is 4.24. The van der Waals surface area contributed by atoms with Crippen LogP contribution in [0.25, 0.3) is 5.65 Å². The first-order valence-corrected chi connectivity index (χ1v) is 10.2. The van der Waals surface area contributed by atoms with Crippen LogP contribution in [-0.2, 0) is 6.61 Å². The van der Waals surface area contributed by atoms with E-state index in [1.165, 1.54) is 0 Å². The third kappa shape index (κ3) is 3.11. The van der Waals surface area contributed by atoms with Gasteiger partial charge >= 0.3 is 0 Å². The lowest BCUT2D eigenvalue weighted by Gasteiger charge is -2.27. The second-order valence-corrected chi connectivity index (χ2v) is 7.53. The predicted octanol–water partition coefficient (Wildman–Crippen LogP) is 4.69. The lowest BCUT2D eigenvalue weighted by molar-refractivity contribution is 0.296. The molecule has 0 saturated carbocycles. The summed E-state index contributed by atoms with van der Waals surface area (Å²) < 4.78 is 13.6. The topological polar surface area (TPSA) is 81.8 Å². The zero-order chi connectivity index (χ0) is 21.5. The summed E-state index contributed by atoms with van der Waals surface area (Å²) in [6, 6.07) is 24.8. The van der Waals surface area contributed by atoms with Crippen LogP contribution in [0.1, 0.15) is 28.4 Å². The molecule has 6 rings (SSSR count). The van der Waals surface area contributed by atoms with Gasteiger partial charge in [-0.1, -0.05) is 54.6 Å². The summed E-state index contributed by atoms with van der Waals surface area (Å²) in [6.45, 7) is 0.238. The number of rotatable bonds is 4. The minimum Gasteiger partial charge on any atom is -0.508 e. The molecule has 0 spiro atoms. The van der Waals surface area contributed by atoms with Gasteiger partial charge in [0, 0.05) is 17.5 Å². The maximum absolute atomic E-state index is 9.98. The van der Waals surface area contributed by atoms with Crippen molar-refractivity contribution in [1.29, 1.82) is 0 Å². The van der Waals surface area contributed by atoms with E-state index in [-0.39, 0.29) is 18.3 Å². The molecule has 3 heterocycles. The van der Waals surface area contributed by atoms with Gasteiger partial charge in [0.1, 0.15) is 30.2 Å². The van der Waals surface area contributed by atoms with Crippen LogP contribution in [0.3, 0.4) is 0 Å². The van der Waals surface area contributed by atoms with Crippen LogP contribution in [0.4, 0.5) is 0 Å². The van der Waals surface area contributed by atoms with Crippen molar-refractivity contribution in [1.82, 2.24) is 19.6 Å². The fraction of sp³-hybridized carbons (Fsp3) is 0.0800. The fourth-order valence-corrected chi connectivity index (χ4v) is 4.06. The standard InChI is InChI=1S/C25H18N4O3/c30-17-11-12-19-20(13-17)32-25-23(22(19)16-7-3-1-4-8-16)24-27-21(28-29(24)15-26-25)14-31-18-9-5-2-6-10-18/h1-13,15,22,30H,14H2. The molecule has 7 heteroatoms. The maximum Gasteiger partial charge on any atom is 0.228 e. The molecule has 0 radical (unpaired) electrons. The number of hydrogen-bond donors (Lipinski definition) is 1. The summed E-state index contributed by atoms with van der Waals surface area (Å²) in [6.07, 6.45) is 1.59. The summed E-state index contributed by atoms with van der Waals surface area (Å²) in [7, 11) is 0. The Labute approximate surface area is 183 Å². The smallest absolute Gasteiger partial charge is 0.228 e. The molecule has 1 unspecified atom stereocenters. The lowest BCUT2D eigenvalue weighted by Crippen LogP contribution is -2.14. The van der Waals surface area contributed by atoms with Gasteiger partial charge in [0.15, 0.2) is 11.5 Å². The first-order valence-electron chi connectivity index (χ1n) is 10.2. The van der Waals surface area contributed by atoms with Crippen LogP contribution >= 0.6 is 0 Å². The largest absolute Gasteiger partial charge is 0.508 e. The van der Waals surface area contributed by atoms with E-state index in [0.717, 1.165) is 22.4 Å². The Morgan fingerprint density at radius 1 is 0.969 bits per heavy atom. The number of aromatic nitrogens is 4. The van der Waals surface area contributed by atoms with Crippen LogP contribution < -0.4 is 9.47 Å². The Balaban J connectivity index is 1.47. The van der Waals surface area contributed by atoms with Gasteiger partial charge in [-0.05, 0) is 23.8 Å². The maximum atomic E-state index is 9.98. The van der Waals surface area contributed by atoms with Crippen molar-refractivity contribution in [2.75, 3.05) is 0 Å². The molecular formula is C25H18N4O3. The number of benzene rings is 3. The highest BCUT2D eigenvalue weighted by molar-refractivity contribution is 5.66. The SMILES string of the molecule is Oc1ccc2c(c1)Oc1ncn3nc(COc4ccccc4)nc3c1C2c1ccccc1. The summed E-state index contributed by atoms with van der Waals surface area (Å²) in [5, 5.41) is 14.5. The third-order valence-electron chi connectivity index (χ3n) is 5.48. The Morgan fingerprint density at radius 3 is 2.56 bits per heavy atom. The number of hydrogen-bond acceptors (Lipinski definition) is 6. The number of phenols is 1. The predicted molar refractivity (Wildman–Crippen MR) is 117 cm³/mol. The van der Waals surface area contributed by atoms with Crippen molar-refractivity contribution in [3.8, 4) is 23.1 Å². The van der Waals surface area contributed by atoms with Gasteiger partial charge in [0.2, 0.25) is 5.88 Å². The van der Waals surface area contributed by atoms with Gasteiger partial charge in [-0.15, -0.1) is 5.10 Å². The Bertz CT molecular complexity index is 1420. The van der Waals surface area contributed by atoms with Crippen molar-refractivity contribution >= 4 is 5.65 Å². The van der Waals surface area contributed by atoms with Gasteiger partial charge < -0.3 is 14.6 Å². The molecular weight excluding hydrogens is 404 g/mol. The second-order valence-electron chi connectivity index (χ2n) is 7.53. The molecule has 3 aromatic carbocycles. The van der Waals surface area contributed by atoms with E-state index in [2.05, 4.69) is 22.2 Å². The molecule has 32 heavy (non-hydrogen) atoms. The zero-order valence-corrected chi connectivity index (χ0v) is 16.9. The molecule has 7 nitrogen and oxygen atoms in total. The average molecular weight is 422 g/mol. The van der Waals surface area contributed by atoms with E-state index in [4.69, 9.17) is 14.5 Å². The van der Waals surface area contributed by atoms with E-state index < -0.39 is 0 Å². The molecule has 5 aromatic rings. The summed E-state index contributed by atoms with van der Waals surface area (Å²) in [5.74, 6) is 2.31. The van der Waals surface area contributed by atoms with Crippen molar-refractivity contribution in [2.45, 2.75) is 12.5 Å². The van der Waals surface area contributed by atoms with Crippen molar-refractivity contribution in [2.24, 2.45) is 0 Å². The quantitative estimate of drug-likeness (QED) is 0.444. The summed E-state index contributed by atoms with van der Waals surface area (Å²) >= 11 is 0. The van der Waals surface area contributed by atoms with Crippen molar-refractivity contribution < 1.29 is 14.6 Å². The molecule has 1 aliphatic rings. The van der Waals surface area contributed by atoms with Gasteiger partial charge in [-0.25, -0.2) is 14.5 Å². The van der Waals surface area contributed by atoms with Crippen LogP contribution in [0, 0.1) is 0 Å². The Morgan fingerprint density at radius 2 is 1.75 bits per heavy atom. The molecule has 1 N–H and O–H groups in total. The van der Waals surface area contributed by atoms with Crippen LogP contribution in [0.15, 0.2) is 85.2 Å². The van der Waals surface area contributed by atoms with E-state index in [0.29, 0.717) is 23.1 Å². The molecule has 0 fully saturated rings. The molecule has 1 aliphatic heterocycles. The first kappa shape index (κ1) is 18.4. The number of nitrogens with zero attached hydrogens (tertiary/aromatic N) is 4. The van der Waals surface area contributed by atoms with Gasteiger partial charge in [0.25, 0.3) is 0 Å². The monoisotopic (exact) mass is 422 g/mol. The van der Waals surface area contributed by atoms with Crippen LogP contribution in [0.5, 0.6) is 23.1 Å². The lowest BCUT2D eigenvalue weighted by atomic mass is 9.84. The number of ether oxygens (including phenoxy) is 2. The highest BCUT2D eigenvalue weighted by Crippen LogP contribution is 2.48. The van der Waals surface area contributed by atoms with Crippen LogP contribution in [-0.4, -0.2) is 24.7 Å². The Hall–Kier alpha value is -4.39. The number of para-hydroxylation sites is 1. The molecule has 0 saturated heterocycles. The van der Waals surface area contributed by atoms with Gasteiger partial charge in [0.05, 0.1) is 5.56 Å². The number of fused-ring (bicyclic) bond motifs is 4. The second kappa shape index (κ2) is 7.39. The van der Waals surface area contributed by atoms with E-state index in [1.54, 1.807) is 23.0 Å². The van der Waals surface area contributed by atoms with Crippen molar-refractivity contribution in [3.63, 3.8) is 0 Å². The molecule has 1 atom stereocenters. The van der Waals surface area contributed by atoms with Gasteiger partial charge in [-0.3, -0.25) is 0 Å². The highest BCUT2D eigenvalue weighted by Gasteiger charge is 2.33. The van der Waals surface area contributed by atoms with E-state index in [1.807, 2.05) is 54.6 Å². The van der Waals surface area contributed by atoms with Crippen LogP contribution in [0.2, 0.25) is 0 Å². The van der Waals surface area contributed by atoms with Crippen molar-refractivity contribution in [3.05, 3.63) is 108 Å². The highest BCUT2D eigenvalue weighted by atomic mass is 16.5. The molecule has 156 valence electrons. The molecule has 2 aromatic heterocycles. The van der Waals surface area contributed by atoms with Gasteiger partial charge in [-0.2, -0.15) is 0 Å². The zero-order valence-electron chi connectivity index (χ0n) is 16.9. The first-order chi connectivity index (χ1) is 15.8. The molecule has 0 aliphatic carbocycles. The number of aromatic hydroxyl groups is 1. The fourth-order valence-electron chi connectivity index (χ4n) is 4.06. The minimum atomic E-state index is -0.168. The third-order valence-corrected chi connectivity index (χ3v) is 5.48. The normalized spacial score (nSPS) is 14.4.